The number of phosphoric ester groups is 1. The molecule has 0 heterocycles. The molecule has 0 aromatic heterocycles. The van der Waals surface area contributed by atoms with Crippen LogP contribution in [0.25, 0.3) is 0 Å². The van der Waals surface area contributed by atoms with Gasteiger partial charge in [0.2, 0.25) is 0 Å². The lowest BCUT2D eigenvalue weighted by Gasteiger charge is -2.19. The van der Waals surface area contributed by atoms with Gasteiger partial charge in [0, 0.05) is 19.4 Å². The van der Waals surface area contributed by atoms with Crippen LogP contribution in [0.4, 0.5) is 0 Å². The third-order valence-electron chi connectivity index (χ3n) is 7.97. The largest absolute Gasteiger partial charge is 0.472 e. The van der Waals surface area contributed by atoms with Crippen molar-refractivity contribution in [3.05, 3.63) is 97.2 Å². The summed E-state index contributed by atoms with van der Waals surface area (Å²) in [4.78, 5) is 34.8. The average Bonchev–Trinajstić information content (AvgIpc) is 3.17. The predicted octanol–water partition coefficient (Wildman–Crippen LogP) is 11.8. The molecule has 0 aromatic carbocycles. The number of rotatable bonds is 37. The van der Waals surface area contributed by atoms with Crippen molar-refractivity contribution in [2.45, 2.75) is 148 Å². The smallest absolute Gasteiger partial charge is 0.462 e. The van der Waals surface area contributed by atoms with Gasteiger partial charge in [-0.2, -0.15) is 0 Å². The lowest BCUT2D eigenvalue weighted by molar-refractivity contribution is -0.161. The van der Waals surface area contributed by atoms with Gasteiger partial charge >= 0.3 is 19.8 Å². The van der Waals surface area contributed by atoms with Crippen LogP contribution in [0.3, 0.4) is 0 Å². The molecular formula is C45H74NO8P. The molecule has 1 unspecified atom stereocenters. The number of unbranched alkanes of at least 4 members (excludes halogenated alkanes) is 8. The van der Waals surface area contributed by atoms with Gasteiger partial charge in [-0.15, -0.1) is 0 Å². The van der Waals surface area contributed by atoms with Gasteiger partial charge in [-0.05, 0) is 83.5 Å². The Morgan fingerprint density at radius 1 is 0.564 bits per heavy atom. The van der Waals surface area contributed by atoms with E-state index >= 15 is 0 Å². The van der Waals surface area contributed by atoms with E-state index in [0.29, 0.717) is 12.8 Å². The minimum atomic E-state index is -4.40. The maximum absolute atomic E-state index is 12.6. The summed E-state index contributed by atoms with van der Waals surface area (Å²) in [6.45, 7) is 3.46. The number of carbonyl (C=O) groups is 2. The van der Waals surface area contributed by atoms with E-state index in [1.54, 1.807) is 0 Å². The van der Waals surface area contributed by atoms with Gasteiger partial charge in [0.1, 0.15) is 6.61 Å². The fraction of sp³-hybridized carbons (Fsp3) is 0.600. The predicted molar refractivity (Wildman–Crippen MR) is 228 cm³/mol. The average molecular weight is 788 g/mol. The zero-order valence-corrected chi connectivity index (χ0v) is 35.0. The van der Waals surface area contributed by atoms with E-state index in [9.17, 15) is 19.0 Å². The highest BCUT2D eigenvalue weighted by Gasteiger charge is 2.25. The molecule has 0 saturated carbocycles. The molecule has 10 heteroatoms. The lowest BCUT2D eigenvalue weighted by atomic mass is 10.1. The Hall–Kier alpha value is -3.07. The molecule has 2 atom stereocenters. The summed E-state index contributed by atoms with van der Waals surface area (Å²) in [5, 5.41) is 0. The van der Waals surface area contributed by atoms with E-state index in [1.165, 1.54) is 25.7 Å². The quantitative estimate of drug-likeness (QED) is 0.0273. The Morgan fingerprint density at radius 3 is 1.56 bits per heavy atom. The number of carbonyl (C=O) groups excluding carboxylic acids is 2. The molecule has 0 amide bonds. The van der Waals surface area contributed by atoms with Gasteiger partial charge in [-0.1, -0.05) is 143 Å². The molecule has 0 fully saturated rings. The van der Waals surface area contributed by atoms with E-state index < -0.39 is 32.5 Å². The SMILES string of the molecule is CC/C=C\C/C=C\C/C=C\C/C=C\C/C=C\C/C=C\CCC(=O)OC[C@H](COP(=O)(O)OCCN)OC(=O)CCCCCCC/C=C\C/C=C\CCCCC. The van der Waals surface area contributed by atoms with Crippen LogP contribution < -0.4 is 5.73 Å². The Balaban J connectivity index is 4.35. The fourth-order valence-electron chi connectivity index (χ4n) is 4.92. The first-order valence-electron chi connectivity index (χ1n) is 20.7. The summed E-state index contributed by atoms with van der Waals surface area (Å²) >= 11 is 0. The molecule has 0 bridgehead atoms. The molecule has 0 spiro atoms. The van der Waals surface area contributed by atoms with E-state index in [0.717, 1.165) is 77.0 Å². The summed E-state index contributed by atoms with van der Waals surface area (Å²) in [6, 6.07) is 0. The van der Waals surface area contributed by atoms with Crippen molar-refractivity contribution in [1.29, 1.82) is 0 Å². The zero-order valence-electron chi connectivity index (χ0n) is 34.1. The van der Waals surface area contributed by atoms with Crippen molar-refractivity contribution >= 4 is 19.8 Å². The van der Waals surface area contributed by atoms with Crippen LogP contribution in [0, 0.1) is 0 Å². The van der Waals surface area contributed by atoms with Crippen LogP contribution >= 0.6 is 7.82 Å². The van der Waals surface area contributed by atoms with Gasteiger partial charge in [0.15, 0.2) is 6.10 Å². The molecule has 55 heavy (non-hydrogen) atoms. The van der Waals surface area contributed by atoms with Crippen LogP contribution in [-0.2, 0) is 32.7 Å². The van der Waals surface area contributed by atoms with E-state index in [-0.39, 0.29) is 32.6 Å². The second-order valence-corrected chi connectivity index (χ2v) is 14.6. The van der Waals surface area contributed by atoms with Crippen LogP contribution in [0.5, 0.6) is 0 Å². The number of ether oxygens (including phenoxy) is 2. The van der Waals surface area contributed by atoms with Gasteiger partial charge in [-0.3, -0.25) is 18.6 Å². The fourth-order valence-corrected chi connectivity index (χ4v) is 5.69. The van der Waals surface area contributed by atoms with Crippen LogP contribution in [-0.4, -0.2) is 49.3 Å². The van der Waals surface area contributed by atoms with Crippen molar-refractivity contribution in [2.75, 3.05) is 26.4 Å². The lowest BCUT2D eigenvalue weighted by Crippen LogP contribution is -2.29. The molecule has 0 saturated heterocycles. The highest BCUT2D eigenvalue weighted by Crippen LogP contribution is 2.43. The summed E-state index contributed by atoms with van der Waals surface area (Å²) in [7, 11) is -4.40. The standard InChI is InChI=1S/C45H74NO8P/c1-3-5-7-9-11-13-15-17-19-20-21-22-24-25-27-29-31-33-35-37-44(47)51-41-43(42-53-55(49,50)52-40-39-46)54-45(48)38-36-34-32-30-28-26-23-18-16-14-12-10-8-6-4-2/h5,7,11-14,17-19,21-23,25,27,31,33,43H,3-4,6,8-10,15-16,20,24,26,28-30,32,34-42,46H2,1-2H3,(H,49,50)/b7-5-,13-11-,14-12-,19-17-,22-21-,23-18-,27-25-,33-31-/t43-/m1/s1. The molecule has 0 radical (unpaired) electrons. The number of hydrogen-bond acceptors (Lipinski definition) is 8. The van der Waals surface area contributed by atoms with Crippen molar-refractivity contribution in [1.82, 2.24) is 0 Å². The van der Waals surface area contributed by atoms with Crippen LogP contribution in [0.1, 0.15) is 142 Å². The maximum atomic E-state index is 12.6. The molecular weight excluding hydrogens is 713 g/mol. The number of esters is 2. The topological polar surface area (TPSA) is 134 Å². The third kappa shape index (κ3) is 40.4. The number of hydrogen-bond donors (Lipinski definition) is 2. The number of nitrogens with two attached hydrogens (primary N) is 1. The second-order valence-electron chi connectivity index (χ2n) is 13.1. The molecule has 0 aliphatic rings. The van der Waals surface area contributed by atoms with Crippen molar-refractivity contribution in [3.63, 3.8) is 0 Å². The normalized spacial score (nSPS) is 14.3. The van der Waals surface area contributed by atoms with Crippen molar-refractivity contribution in [2.24, 2.45) is 5.73 Å². The molecule has 9 nitrogen and oxygen atoms in total. The Bertz CT molecular complexity index is 1220. The van der Waals surface area contributed by atoms with Gasteiger partial charge in [-0.25, -0.2) is 4.57 Å². The Morgan fingerprint density at radius 2 is 1.04 bits per heavy atom. The van der Waals surface area contributed by atoms with Gasteiger partial charge < -0.3 is 20.1 Å². The third-order valence-corrected chi connectivity index (χ3v) is 8.95. The Kier molecular flexibility index (Phi) is 38.3. The molecule has 0 aliphatic carbocycles. The summed E-state index contributed by atoms with van der Waals surface area (Å²) in [5.41, 5.74) is 5.33. The minimum absolute atomic E-state index is 0.0360. The first-order chi connectivity index (χ1) is 26.8. The minimum Gasteiger partial charge on any atom is -0.462 e. The highest BCUT2D eigenvalue weighted by molar-refractivity contribution is 7.47. The first-order valence-corrected chi connectivity index (χ1v) is 22.2. The first kappa shape index (κ1) is 51.9. The number of allylic oxidation sites excluding steroid dienone is 16. The van der Waals surface area contributed by atoms with Crippen LogP contribution in [0.15, 0.2) is 97.2 Å². The monoisotopic (exact) mass is 788 g/mol. The molecule has 312 valence electrons. The molecule has 0 rings (SSSR count). The van der Waals surface area contributed by atoms with Crippen molar-refractivity contribution in [3.8, 4) is 0 Å². The molecule has 0 aromatic rings. The van der Waals surface area contributed by atoms with E-state index in [1.807, 2.05) is 12.2 Å². The molecule has 0 aliphatic heterocycles. The Labute approximate surface area is 334 Å². The summed E-state index contributed by atoms with van der Waals surface area (Å²) in [6.07, 6.45) is 51.6. The molecule has 3 N–H and O–H groups in total. The van der Waals surface area contributed by atoms with Crippen LogP contribution in [0.2, 0.25) is 0 Å². The highest BCUT2D eigenvalue weighted by atomic mass is 31.2. The van der Waals surface area contributed by atoms with E-state index in [4.69, 9.17) is 24.3 Å². The van der Waals surface area contributed by atoms with E-state index in [2.05, 4.69) is 98.9 Å². The van der Waals surface area contributed by atoms with Crippen molar-refractivity contribution < 1.29 is 37.6 Å². The summed E-state index contributed by atoms with van der Waals surface area (Å²) in [5.74, 6) is -0.954. The second kappa shape index (κ2) is 40.6. The van der Waals surface area contributed by atoms with Gasteiger partial charge in [0.05, 0.1) is 13.2 Å². The maximum Gasteiger partial charge on any atom is 0.472 e. The summed E-state index contributed by atoms with van der Waals surface area (Å²) < 4.78 is 32.6. The number of phosphoric acid groups is 1. The zero-order chi connectivity index (χ0) is 40.3. The van der Waals surface area contributed by atoms with Gasteiger partial charge in [0.25, 0.3) is 0 Å².